The van der Waals surface area contributed by atoms with E-state index in [0.717, 1.165) is 49.3 Å². The molecule has 2 amide bonds. The fourth-order valence-electron chi connectivity index (χ4n) is 4.08. The lowest BCUT2D eigenvalue weighted by Gasteiger charge is -2.26. The maximum Gasteiger partial charge on any atom is 0.225 e. The number of hydrogen-bond donors (Lipinski definition) is 2. The third-order valence-corrected chi connectivity index (χ3v) is 5.80. The van der Waals surface area contributed by atoms with Crippen LogP contribution in [0, 0.1) is 11.7 Å². The lowest BCUT2D eigenvalue weighted by atomic mass is 10.1. The Bertz CT molecular complexity index is 878. The number of hydrogen-bond acceptors (Lipinski definition) is 4. The molecule has 1 unspecified atom stereocenters. The molecule has 2 aliphatic rings. The van der Waals surface area contributed by atoms with Crippen molar-refractivity contribution >= 4 is 22.7 Å². The van der Waals surface area contributed by atoms with Crippen LogP contribution in [0.1, 0.15) is 12.0 Å². The van der Waals surface area contributed by atoms with E-state index in [4.69, 9.17) is 4.74 Å². The molecule has 2 aliphatic heterocycles. The van der Waals surface area contributed by atoms with Gasteiger partial charge in [-0.1, -0.05) is 0 Å². The van der Waals surface area contributed by atoms with Crippen molar-refractivity contribution < 1.29 is 18.7 Å². The van der Waals surface area contributed by atoms with Gasteiger partial charge in [0.1, 0.15) is 5.82 Å². The van der Waals surface area contributed by atoms with Crippen LogP contribution < -0.4 is 5.32 Å². The van der Waals surface area contributed by atoms with Crippen LogP contribution in [0.15, 0.2) is 24.4 Å². The molecule has 0 spiro atoms. The van der Waals surface area contributed by atoms with E-state index >= 15 is 0 Å². The maximum absolute atomic E-state index is 13.5. The van der Waals surface area contributed by atoms with Crippen molar-refractivity contribution in [3.63, 3.8) is 0 Å². The number of carbonyl (C=O) groups is 2. The molecule has 2 fully saturated rings. The molecule has 1 aromatic heterocycles. The number of halogens is 1. The van der Waals surface area contributed by atoms with Gasteiger partial charge in [-0.25, -0.2) is 4.39 Å². The van der Waals surface area contributed by atoms with Crippen molar-refractivity contribution in [2.24, 2.45) is 5.92 Å². The number of aromatic amines is 1. The molecule has 0 radical (unpaired) electrons. The summed E-state index contributed by atoms with van der Waals surface area (Å²) in [4.78, 5) is 31.9. The van der Waals surface area contributed by atoms with Crippen molar-refractivity contribution in [3.05, 3.63) is 35.8 Å². The molecule has 7 nitrogen and oxygen atoms in total. The lowest BCUT2D eigenvalue weighted by Crippen LogP contribution is -2.42. The van der Waals surface area contributed by atoms with Gasteiger partial charge in [-0.2, -0.15) is 0 Å². The first kappa shape index (κ1) is 19.8. The Morgan fingerprint density at radius 2 is 2.10 bits per heavy atom. The number of likely N-dealkylation sites (tertiary alicyclic amines) is 1. The molecule has 156 valence electrons. The molecule has 1 atom stereocenters. The average Bonchev–Trinajstić information content (AvgIpc) is 3.30. The van der Waals surface area contributed by atoms with E-state index in [1.165, 1.54) is 12.1 Å². The van der Waals surface area contributed by atoms with Gasteiger partial charge in [-0.05, 0) is 30.2 Å². The minimum absolute atomic E-state index is 0.00403. The third kappa shape index (κ3) is 4.76. The van der Waals surface area contributed by atoms with Crippen LogP contribution in [0.2, 0.25) is 0 Å². The zero-order valence-electron chi connectivity index (χ0n) is 16.5. The molecular formula is C21H27FN4O3. The number of amides is 2. The largest absolute Gasteiger partial charge is 0.379 e. The minimum atomic E-state index is -0.299. The Kier molecular flexibility index (Phi) is 6.10. The molecule has 2 saturated heterocycles. The van der Waals surface area contributed by atoms with Crippen LogP contribution in [0.25, 0.3) is 10.9 Å². The number of morpholine rings is 1. The van der Waals surface area contributed by atoms with Crippen LogP contribution in [0.4, 0.5) is 4.39 Å². The fraction of sp³-hybridized carbons (Fsp3) is 0.524. The number of H-pyrrole nitrogens is 1. The van der Waals surface area contributed by atoms with Gasteiger partial charge < -0.3 is 19.9 Å². The normalized spacial score (nSPS) is 20.5. The summed E-state index contributed by atoms with van der Waals surface area (Å²) in [5, 5.41) is 3.81. The summed E-state index contributed by atoms with van der Waals surface area (Å²) in [5.74, 6) is -0.621. The Morgan fingerprint density at radius 3 is 2.93 bits per heavy atom. The molecule has 3 heterocycles. The highest BCUT2D eigenvalue weighted by Gasteiger charge is 2.34. The summed E-state index contributed by atoms with van der Waals surface area (Å²) in [6.45, 7) is 5.62. The zero-order chi connectivity index (χ0) is 20.2. The molecule has 0 bridgehead atoms. The smallest absolute Gasteiger partial charge is 0.225 e. The van der Waals surface area contributed by atoms with Crippen LogP contribution in [-0.4, -0.2) is 79.1 Å². The predicted octanol–water partition coefficient (Wildman–Crippen LogP) is 1.15. The van der Waals surface area contributed by atoms with Crippen LogP contribution in [-0.2, 0) is 20.7 Å². The third-order valence-electron chi connectivity index (χ3n) is 5.80. The molecule has 2 N–H and O–H groups in total. The van der Waals surface area contributed by atoms with E-state index in [1.54, 1.807) is 11.0 Å². The van der Waals surface area contributed by atoms with E-state index in [-0.39, 0.29) is 30.0 Å². The van der Waals surface area contributed by atoms with Crippen molar-refractivity contribution in [1.82, 2.24) is 20.1 Å². The van der Waals surface area contributed by atoms with Crippen LogP contribution in [0.5, 0.6) is 0 Å². The molecular weight excluding hydrogens is 375 g/mol. The minimum Gasteiger partial charge on any atom is -0.379 e. The quantitative estimate of drug-likeness (QED) is 0.728. The van der Waals surface area contributed by atoms with Crippen molar-refractivity contribution in [1.29, 1.82) is 0 Å². The van der Waals surface area contributed by atoms with E-state index in [9.17, 15) is 14.0 Å². The Morgan fingerprint density at radius 1 is 1.28 bits per heavy atom. The first-order valence-electron chi connectivity index (χ1n) is 10.2. The summed E-state index contributed by atoms with van der Waals surface area (Å²) in [6.07, 6.45) is 2.74. The molecule has 4 rings (SSSR count). The van der Waals surface area contributed by atoms with Gasteiger partial charge in [0.05, 0.1) is 19.1 Å². The SMILES string of the molecule is O=C(NCCN1CCOCC1)C1CC(=O)N(CCc2c[nH]c3ccc(F)cc23)C1. The Balaban J connectivity index is 1.25. The first-order chi connectivity index (χ1) is 14.1. The molecule has 8 heteroatoms. The summed E-state index contributed by atoms with van der Waals surface area (Å²) < 4.78 is 18.8. The van der Waals surface area contributed by atoms with E-state index < -0.39 is 0 Å². The molecule has 29 heavy (non-hydrogen) atoms. The fourth-order valence-corrected chi connectivity index (χ4v) is 4.08. The van der Waals surface area contributed by atoms with Crippen LogP contribution in [0.3, 0.4) is 0 Å². The molecule has 1 aromatic carbocycles. The summed E-state index contributed by atoms with van der Waals surface area (Å²) in [5.41, 5.74) is 1.86. The van der Waals surface area contributed by atoms with Gasteiger partial charge in [0.15, 0.2) is 0 Å². The highest BCUT2D eigenvalue weighted by atomic mass is 19.1. The van der Waals surface area contributed by atoms with E-state index in [1.807, 2.05) is 6.20 Å². The summed E-state index contributed by atoms with van der Waals surface area (Å²) >= 11 is 0. The van der Waals surface area contributed by atoms with Crippen molar-refractivity contribution in [2.45, 2.75) is 12.8 Å². The number of benzene rings is 1. The molecule has 0 aliphatic carbocycles. The maximum atomic E-state index is 13.5. The van der Waals surface area contributed by atoms with E-state index in [2.05, 4.69) is 15.2 Å². The second-order valence-corrected chi connectivity index (χ2v) is 7.74. The first-order valence-corrected chi connectivity index (χ1v) is 10.2. The van der Waals surface area contributed by atoms with Gasteiger partial charge >= 0.3 is 0 Å². The van der Waals surface area contributed by atoms with Gasteiger partial charge in [0, 0.05) is 62.8 Å². The van der Waals surface area contributed by atoms with Crippen LogP contribution >= 0.6 is 0 Å². The average molecular weight is 402 g/mol. The number of nitrogens with zero attached hydrogens (tertiary/aromatic N) is 2. The van der Waals surface area contributed by atoms with Crippen molar-refractivity contribution in [2.75, 3.05) is 52.5 Å². The topological polar surface area (TPSA) is 77.7 Å². The Labute approximate surface area is 169 Å². The standard InChI is InChI=1S/C21H27FN4O3/c22-17-1-2-19-18(12-17)15(13-24-19)3-5-26-14-16(11-20(26)27)21(28)23-4-6-25-7-9-29-10-8-25/h1-2,12-13,16,24H,3-11,14H2,(H,23,28). The number of nitrogens with one attached hydrogen (secondary N) is 2. The summed E-state index contributed by atoms with van der Waals surface area (Å²) in [7, 11) is 0. The van der Waals surface area contributed by atoms with Gasteiger partial charge in [-0.3, -0.25) is 14.5 Å². The van der Waals surface area contributed by atoms with Gasteiger partial charge in [-0.15, -0.1) is 0 Å². The predicted molar refractivity (Wildman–Crippen MR) is 107 cm³/mol. The number of rotatable bonds is 7. The monoisotopic (exact) mass is 402 g/mol. The molecule has 2 aromatic rings. The van der Waals surface area contributed by atoms with Crippen molar-refractivity contribution in [3.8, 4) is 0 Å². The Hall–Kier alpha value is -2.45. The highest BCUT2D eigenvalue weighted by Crippen LogP contribution is 2.22. The molecule has 0 saturated carbocycles. The zero-order valence-corrected chi connectivity index (χ0v) is 16.5. The number of fused-ring (bicyclic) bond motifs is 1. The van der Waals surface area contributed by atoms with Gasteiger partial charge in [0.2, 0.25) is 11.8 Å². The number of aromatic nitrogens is 1. The highest BCUT2D eigenvalue weighted by molar-refractivity contribution is 5.89. The van der Waals surface area contributed by atoms with E-state index in [0.29, 0.717) is 26.1 Å². The van der Waals surface area contributed by atoms with Gasteiger partial charge in [0.25, 0.3) is 0 Å². The number of ether oxygens (including phenoxy) is 1. The lowest BCUT2D eigenvalue weighted by molar-refractivity contribution is -0.129. The number of carbonyl (C=O) groups excluding carboxylic acids is 2. The second kappa shape index (κ2) is 8.92. The summed E-state index contributed by atoms with van der Waals surface area (Å²) in [6, 6.07) is 4.65. The second-order valence-electron chi connectivity index (χ2n) is 7.74.